The largest absolute Gasteiger partial charge is 0.462 e. The lowest BCUT2D eigenvalue weighted by Crippen LogP contribution is -2.44. The molecule has 8 heteroatoms. The van der Waals surface area contributed by atoms with Crippen LogP contribution in [0.1, 0.15) is 60.4 Å². The Labute approximate surface area is 188 Å². The third kappa shape index (κ3) is 6.12. The van der Waals surface area contributed by atoms with Gasteiger partial charge in [-0.15, -0.1) is 0 Å². The highest BCUT2D eigenvalue weighted by Gasteiger charge is 2.28. The molecule has 1 aromatic heterocycles. The van der Waals surface area contributed by atoms with Crippen molar-refractivity contribution in [2.24, 2.45) is 7.05 Å². The summed E-state index contributed by atoms with van der Waals surface area (Å²) in [6.45, 7) is 4.73. The molecule has 1 aliphatic rings. The SMILES string of the molecule is CC(C)NC(=O)Nc1ccc(C(=O)OCCC2CCCCN2C(=O)c2cccn2C)cc1. The number of carbonyl (C=O) groups is 3. The number of aryl methyl sites for hydroxylation is 1. The third-order valence-electron chi connectivity index (χ3n) is 5.53. The van der Waals surface area contributed by atoms with Crippen LogP contribution >= 0.6 is 0 Å². The van der Waals surface area contributed by atoms with Gasteiger partial charge in [-0.2, -0.15) is 0 Å². The smallest absolute Gasteiger partial charge is 0.338 e. The minimum atomic E-state index is -0.417. The molecule has 0 radical (unpaired) electrons. The Balaban J connectivity index is 1.50. The summed E-state index contributed by atoms with van der Waals surface area (Å²) in [5.74, 6) is -0.391. The number of carbonyl (C=O) groups excluding carboxylic acids is 3. The predicted molar refractivity (Wildman–Crippen MR) is 123 cm³/mol. The molecule has 172 valence electrons. The fourth-order valence-electron chi connectivity index (χ4n) is 3.89. The number of rotatable bonds is 7. The van der Waals surface area contributed by atoms with Gasteiger partial charge < -0.3 is 24.8 Å². The Hall–Kier alpha value is -3.29. The zero-order chi connectivity index (χ0) is 23.1. The van der Waals surface area contributed by atoms with E-state index in [0.29, 0.717) is 23.4 Å². The van der Waals surface area contributed by atoms with E-state index < -0.39 is 5.97 Å². The Morgan fingerprint density at radius 2 is 1.88 bits per heavy atom. The summed E-state index contributed by atoms with van der Waals surface area (Å²) in [5, 5.41) is 5.46. The quantitative estimate of drug-likeness (QED) is 0.641. The first-order valence-electron chi connectivity index (χ1n) is 11.1. The van der Waals surface area contributed by atoms with Crippen molar-refractivity contribution in [1.29, 1.82) is 0 Å². The topological polar surface area (TPSA) is 92.7 Å². The van der Waals surface area contributed by atoms with Gasteiger partial charge in [-0.05, 0) is 69.5 Å². The van der Waals surface area contributed by atoms with E-state index in [1.54, 1.807) is 24.3 Å². The van der Waals surface area contributed by atoms with Crippen molar-refractivity contribution in [1.82, 2.24) is 14.8 Å². The number of piperidine rings is 1. The van der Waals surface area contributed by atoms with Gasteiger partial charge in [-0.25, -0.2) is 9.59 Å². The van der Waals surface area contributed by atoms with Crippen molar-refractivity contribution >= 4 is 23.6 Å². The lowest BCUT2D eigenvalue weighted by atomic mass is 9.99. The first kappa shape index (κ1) is 23.4. The van der Waals surface area contributed by atoms with Crippen molar-refractivity contribution in [3.05, 3.63) is 53.9 Å². The van der Waals surface area contributed by atoms with E-state index in [-0.39, 0.29) is 30.6 Å². The van der Waals surface area contributed by atoms with E-state index in [2.05, 4.69) is 10.6 Å². The maximum atomic E-state index is 12.9. The Morgan fingerprint density at radius 3 is 2.53 bits per heavy atom. The average Bonchev–Trinajstić information content (AvgIpc) is 3.19. The second-order valence-electron chi connectivity index (χ2n) is 8.41. The molecule has 3 amide bonds. The monoisotopic (exact) mass is 440 g/mol. The molecule has 2 aromatic rings. The first-order valence-corrected chi connectivity index (χ1v) is 11.1. The number of benzene rings is 1. The summed E-state index contributed by atoms with van der Waals surface area (Å²) in [7, 11) is 1.87. The standard InChI is InChI=1S/C24H32N4O4/c1-17(2)25-24(31)26-19-11-9-18(10-12-19)23(30)32-16-13-20-7-4-5-15-28(20)22(29)21-8-6-14-27(21)3/h6,8-12,14,17,20H,4-5,7,13,15-16H2,1-3H3,(H2,25,26,31). The van der Waals surface area contributed by atoms with Crippen LogP contribution in [0.5, 0.6) is 0 Å². The number of likely N-dealkylation sites (tertiary alicyclic amines) is 1. The summed E-state index contributed by atoms with van der Waals surface area (Å²) >= 11 is 0. The van der Waals surface area contributed by atoms with Crippen molar-refractivity contribution in [2.45, 2.75) is 51.6 Å². The minimum Gasteiger partial charge on any atom is -0.462 e. The fraction of sp³-hybridized carbons (Fsp3) is 0.458. The minimum absolute atomic E-state index is 0.0260. The predicted octanol–water partition coefficient (Wildman–Crippen LogP) is 3.80. The van der Waals surface area contributed by atoms with Gasteiger partial charge in [-0.3, -0.25) is 4.79 Å². The van der Waals surface area contributed by atoms with Crippen molar-refractivity contribution in [3.63, 3.8) is 0 Å². The van der Waals surface area contributed by atoms with Gasteiger partial charge in [-0.1, -0.05) is 0 Å². The summed E-state index contributed by atoms with van der Waals surface area (Å²) in [4.78, 5) is 39.0. The van der Waals surface area contributed by atoms with Gasteiger partial charge in [0, 0.05) is 44.0 Å². The van der Waals surface area contributed by atoms with Crippen LogP contribution < -0.4 is 10.6 Å². The third-order valence-corrected chi connectivity index (χ3v) is 5.53. The van der Waals surface area contributed by atoms with E-state index in [1.807, 2.05) is 48.7 Å². The zero-order valence-corrected chi connectivity index (χ0v) is 19.0. The molecule has 2 heterocycles. The molecular weight excluding hydrogens is 408 g/mol. The number of ether oxygens (including phenoxy) is 1. The fourth-order valence-corrected chi connectivity index (χ4v) is 3.89. The second kappa shape index (κ2) is 10.8. The molecule has 1 aliphatic heterocycles. The Morgan fingerprint density at radius 1 is 1.12 bits per heavy atom. The summed E-state index contributed by atoms with van der Waals surface area (Å²) < 4.78 is 7.30. The van der Waals surface area contributed by atoms with Crippen LogP contribution in [0.25, 0.3) is 0 Å². The molecule has 1 unspecified atom stereocenters. The summed E-state index contributed by atoms with van der Waals surface area (Å²) in [6, 6.07) is 10.1. The zero-order valence-electron chi connectivity index (χ0n) is 19.0. The van der Waals surface area contributed by atoms with Gasteiger partial charge in [0.15, 0.2) is 0 Å². The second-order valence-corrected chi connectivity index (χ2v) is 8.41. The summed E-state index contributed by atoms with van der Waals surface area (Å²) in [5.41, 5.74) is 1.68. The number of nitrogens with one attached hydrogen (secondary N) is 2. The molecule has 0 aliphatic carbocycles. The maximum absolute atomic E-state index is 12.9. The lowest BCUT2D eigenvalue weighted by Gasteiger charge is -2.35. The molecular formula is C24H32N4O4. The van der Waals surface area contributed by atoms with Crippen LogP contribution in [0.15, 0.2) is 42.6 Å². The van der Waals surface area contributed by atoms with Crippen molar-refractivity contribution < 1.29 is 19.1 Å². The number of hydrogen-bond donors (Lipinski definition) is 2. The molecule has 0 spiro atoms. The number of nitrogens with zero attached hydrogens (tertiary/aromatic N) is 2. The molecule has 1 fully saturated rings. The molecule has 1 aromatic carbocycles. The van der Waals surface area contributed by atoms with Gasteiger partial charge in [0.1, 0.15) is 5.69 Å². The van der Waals surface area contributed by atoms with Crippen LogP contribution in [0.3, 0.4) is 0 Å². The molecule has 32 heavy (non-hydrogen) atoms. The van der Waals surface area contributed by atoms with Crippen molar-refractivity contribution in [2.75, 3.05) is 18.5 Å². The van der Waals surface area contributed by atoms with E-state index in [0.717, 1.165) is 25.8 Å². The normalized spacial score (nSPS) is 16.0. The highest BCUT2D eigenvalue weighted by atomic mass is 16.5. The highest BCUT2D eigenvalue weighted by molar-refractivity contribution is 5.93. The number of anilines is 1. The van der Waals surface area contributed by atoms with Crippen LogP contribution in [-0.2, 0) is 11.8 Å². The molecule has 1 atom stereocenters. The average molecular weight is 441 g/mol. The van der Waals surface area contributed by atoms with Crippen molar-refractivity contribution in [3.8, 4) is 0 Å². The molecule has 2 N–H and O–H groups in total. The van der Waals surface area contributed by atoms with Crippen LogP contribution in [0.4, 0.5) is 10.5 Å². The van der Waals surface area contributed by atoms with Gasteiger partial charge in [0.25, 0.3) is 5.91 Å². The highest BCUT2D eigenvalue weighted by Crippen LogP contribution is 2.22. The van der Waals surface area contributed by atoms with Gasteiger partial charge in [0.05, 0.1) is 12.2 Å². The summed E-state index contributed by atoms with van der Waals surface area (Å²) in [6.07, 6.45) is 5.44. The van der Waals surface area contributed by atoms with E-state index >= 15 is 0 Å². The Bertz CT molecular complexity index is 936. The molecule has 0 saturated carbocycles. The lowest BCUT2D eigenvalue weighted by molar-refractivity contribution is 0.0406. The van der Waals surface area contributed by atoms with Crippen LogP contribution in [0, 0.1) is 0 Å². The molecule has 0 bridgehead atoms. The van der Waals surface area contributed by atoms with E-state index in [4.69, 9.17) is 4.74 Å². The van der Waals surface area contributed by atoms with Crippen LogP contribution in [-0.4, -0.2) is 52.6 Å². The first-order chi connectivity index (χ1) is 15.3. The Kier molecular flexibility index (Phi) is 7.92. The van der Waals surface area contributed by atoms with E-state index in [9.17, 15) is 14.4 Å². The molecule has 8 nitrogen and oxygen atoms in total. The molecule has 1 saturated heterocycles. The van der Waals surface area contributed by atoms with E-state index in [1.165, 1.54) is 0 Å². The van der Waals surface area contributed by atoms with Gasteiger partial charge >= 0.3 is 12.0 Å². The number of urea groups is 1. The number of amides is 3. The number of esters is 1. The number of hydrogen-bond acceptors (Lipinski definition) is 4. The molecule has 3 rings (SSSR count). The van der Waals surface area contributed by atoms with Gasteiger partial charge in [0.2, 0.25) is 0 Å². The number of aromatic nitrogens is 1. The maximum Gasteiger partial charge on any atom is 0.338 e. The van der Waals surface area contributed by atoms with Crippen LogP contribution in [0.2, 0.25) is 0 Å².